The van der Waals surface area contributed by atoms with Gasteiger partial charge in [0.25, 0.3) is 0 Å². The van der Waals surface area contributed by atoms with Crippen molar-refractivity contribution in [2.45, 2.75) is 0 Å². The molecule has 0 unspecified atom stereocenters. The third-order valence-electron chi connectivity index (χ3n) is 0. The largest absolute Gasteiger partial charge is 0 e. The molecule has 0 atom stereocenters. The predicted octanol–water partition coefficient (Wildman–Crippen LogP) is -1.84. The third kappa shape index (κ3) is 8.86. The molecule has 0 radical (unpaired) electrons. The van der Waals surface area contributed by atoms with E-state index in [9.17, 15) is 0 Å². The molecule has 0 heterocycles. The summed E-state index contributed by atoms with van der Waals surface area (Å²) in [4.78, 5) is 0. The van der Waals surface area contributed by atoms with Gasteiger partial charge in [0.15, 0.2) is 0 Å². The van der Waals surface area contributed by atoms with Crippen LogP contribution in [0.25, 0.3) is 0 Å². The van der Waals surface area contributed by atoms with Gasteiger partial charge in [0.05, 0.1) is 0 Å². The second kappa shape index (κ2) is 18.6. The fourth-order valence-electron chi connectivity index (χ4n) is 0. The molecule has 0 saturated carbocycles. The van der Waals surface area contributed by atoms with E-state index in [0.717, 1.165) is 0 Å². The minimum atomic E-state index is 0. The molecule has 0 rings (SSSR count). The first kappa shape index (κ1) is 33.6. The summed E-state index contributed by atoms with van der Waals surface area (Å²) in [7, 11) is 0. The Morgan fingerprint density at radius 3 is 0.500 bits per heavy atom. The average Bonchev–Trinajstić information content (AvgIpc) is 0. The van der Waals surface area contributed by atoms with Gasteiger partial charge in [-0.2, -0.15) is 0 Å². The van der Waals surface area contributed by atoms with Crippen LogP contribution >= 0.6 is 0 Å². The Labute approximate surface area is 72.3 Å². The van der Waals surface area contributed by atoms with Crippen LogP contribution in [0.2, 0.25) is 0 Å². The summed E-state index contributed by atoms with van der Waals surface area (Å²) < 4.78 is 0. The Kier molecular flexibility index (Phi) is 156. The number of hydrogen-bond acceptors (Lipinski definition) is 0. The first-order valence-corrected chi connectivity index (χ1v) is 0. The predicted molar refractivity (Wildman–Crippen MR) is 17.1 cm³/mol. The molecule has 4 heavy (non-hydrogen) atoms. The van der Waals surface area contributed by atoms with E-state index in [1.54, 1.807) is 0 Å². The molecule has 0 N–H and O–H groups in total. The van der Waals surface area contributed by atoms with Crippen LogP contribution in [-0.4, -0.2) is 34.1 Å². The van der Waals surface area contributed by atoms with Gasteiger partial charge in [-0.1, -0.05) is 0 Å². The van der Waals surface area contributed by atoms with E-state index in [4.69, 9.17) is 0 Å². The van der Waals surface area contributed by atoms with Crippen LogP contribution in [0.1, 0.15) is 0 Å². The summed E-state index contributed by atoms with van der Waals surface area (Å²) in [5.74, 6) is 0. The molecule has 4 heteroatoms. The van der Waals surface area contributed by atoms with Crippen LogP contribution in [0, 0.1) is 0 Å². The molecule has 0 spiro atoms. The maximum absolute atomic E-state index is 0. The van der Waals surface area contributed by atoms with E-state index in [0.29, 0.717) is 0 Å². The Bertz CT molecular complexity index is 4.00. The zero-order valence-electron chi connectivity index (χ0n) is 2.41. The summed E-state index contributed by atoms with van der Waals surface area (Å²) in [5.41, 5.74) is 0. The van der Waals surface area contributed by atoms with Crippen LogP contribution in [0.4, 0.5) is 0 Å². The maximum Gasteiger partial charge on any atom is 0 e. The van der Waals surface area contributed by atoms with Gasteiger partial charge in [-0.3, -0.25) is 0 Å². The van der Waals surface area contributed by atoms with Crippen molar-refractivity contribution in [3.8, 4) is 0 Å². The van der Waals surface area contributed by atoms with Crippen molar-refractivity contribution in [2.75, 3.05) is 0 Å². The fraction of sp³-hybridized carbons (Fsp3) is 0. The first-order chi connectivity index (χ1) is 0. The van der Waals surface area contributed by atoms with Gasteiger partial charge in [0, 0.05) is 39.0 Å². The molecule has 0 aliphatic heterocycles. The molecule has 0 aromatic rings. The average molecular weight is 293 g/mol. The monoisotopic (exact) mass is 292 g/mol. The van der Waals surface area contributed by atoms with Gasteiger partial charge in [-0.15, -0.1) is 0 Å². The molecule has 0 bridgehead atoms. The minimum Gasteiger partial charge on any atom is 0 e. The molecule has 0 nitrogen and oxygen atoms in total. The van der Waals surface area contributed by atoms with Crippen LogP contribution < -0.4 is 0 Å². The standard InChI is InChI=1S/2H2Se.2Zn/h2*1H2;;. The van der Waals surface area contributed by atoms with E-state index in [-0.39, 0.29) is 73.1 Å². The van der Waals surface area contributed by atoms with E-state index < -0.39 is 0 Å². The van der Waals surface area contributed by atoms with Crippen molar-refractivity contribution in [1.82, 2.24) is 0 Å². The number of hydrogen-bond donors (Lipinski definition) is 0. The molecule has 0 aromatic carbocycles. The molecular formula is H4Se2Zn2. The Hall–Kier alpha value is 2.29. The van der Waals surface area contributed by atoms with Crippen molar-refractivity contribution in [3.05, 3.63) is 0 Å². The minimum absolute atomic E-state index is 0. The van der Waals surface area contributed by atoms with E-state index in [1.807, 2.05) is 0 Å². The Morgan fingerprint density at radius 1 is 0.500 bits per heavy atom. The van der Waals surface area contributed by atoms with Gasteiger partial charge in [0.1, 0.15) is 0 Å². The molecule has 0 fully saturated rings. The van der Waals surface area contributed by atoms with Crippen molar-refractivity contribution < 1.29 is 39.0 Å². The summed E-state index contributed by atoms with van der Waals surface area (Å²) >= 11 is 0. The van der Waals surface area contributed by atoms with Gasteiger partial charge in [-0.05, 0) is 0 Å². The first-order valence-electron chi connectivity index (χ1n) is 0. The van der Waals surface area contributed by atoms with Crippen molar-refractivity contribution in [2.24, 2.45) is 0 Å². The smallest absolute Gasteiger partial charge is 0 e. The van der Waals surface area contributed by atoms with Crippen molar-refractivity contribution in [3.63, 3.8) is 0 Å². The van der Waals surface area contributed by atoms with Gasteiger partial charge < -0.3 is 0 Å². The third-order valence-corrected chi connectivity index (χ3v) is 0. The maximum atomic E-state index is 0. The second-order valence-corrected chi connectivity index (χ2v) is 0. The number of rotatable bonds is 0. The quantitative estimate of drug-likeness (QED) is 0.461. The molecule has 20 valence electrons. The van der Waals surface area contributed by atoms with Crippen LogP contribution in [0.5, 0.6) is 0 Å². The zero-order valence-corrected chi connectivity index (χ0v) is 12.5. The van der Waals surface area contributed by atoms with E-state index >= 15 is 0 Å². The van der Waals surface area contributed by atoms with Crippen molar-refractivity contribution >= 4 is 34.1 Å². The van der Waals surface area contributed by atoms with Gasteiger partial charge in [-0.25, -0.2) is 0 Å². The Balaban J connectivity index is 0. The summed E-state index contributed by atoms with van der Waals surface area (Å²) in [6.07, 6.45) is 0. The Morgan fingerprint density at radius 2 is 0.500 bits per heavy atom. The topological polar surface area (TPSA) is 0 Å². The molecule has 0 aliphatic carbocycles. The zero-order chi connectivity index (χ0) is 0. The van der Waals surface area contributed by atoms with Crippen molar-refractivity contribution in [1.29, 1.82) is 0 Å². The molecule has 0 amide bonds. The SMILES string of the molecule is [SeH2].[SeH2].[Zn].[Zn]. The van der Waals surface area contributed by atoms with Gasteiger partial charge >= 0.3 is 34.1 Å². The molecular weight excluding hydrogens is 289 g/mol. The second-order valence-electron chi connectivity index (χ2n) is 0. The summed E-state index contributed by atoms with van der Waals surface area (Å²) in [6, 6.07) is 0. The molecule has 0 aliphatic rings. The summed E-state index contributed by atoms with van der Waals surface area (Å²) in [5, 5.41) is 0. The van der Waals surface area contributed by atoms with E-state index in [2.05, 4.69) is 0 Å². The van der Waals surface area contributed by atoms with Crippen LogP contribution in [0.3, 0.4) is 0 Å². The summed E-state index contributed by atoms with van der Waals surface area (Å²) in [6.45, 7) is 0. The molecule has 0 saturated heterocycles. The van der Waals surface area contributed by atoms with Crippen LogP contribution in [-0.2, 0) is 39.0 Å². The van der Waals surface area contributed by atoms with Crippen LogP contribution in [0.15, 0.2) is 0 Å². The van der Waals surface area contributed by atoms with Gasteiger partial charge in [0.2, 0.25) is 0 Å². The molecule has 0 aromatic heterocycles. The normalized spacial score (nSPS) is 0. The fourth-order valence-corrected chi connectivity index (χ4v) is 0. The van der Waals surface area contributed by atoms with E-state index in [1.165, 1.54) is 0 Å².